The van der Waals surface area contributed by atoms with Gasteiger partial charge in [-0.05, 0) is 36.2 Å². The van der Waals surface area contributed by atoms with Gasteiger partial charge in [0.05, 0.1) is 5.69 Å². The lowest BCUT2D eigenvalue weighted by atomic mass is 10.1. The lowest BCUT2D eigenvalue weighted by Crippen LogP contribution is -2.06. The zero-order valence-corrected chi connectivity index (χ0v) is 10.5. The van der Waals surface area contributed by atoms with E-state index in [1.807, 2.05) is 36.4 Å². The highest BCUT2D eigenvalue weighted by Crippen LogP contribution is 2.12. The summed E-state index contributed by atoms with van der Waals surface area (Å²) in [6.07, 6.45) is 2.49. The summed E-state index contributed by atoms with van der Waals surface area (Å²) >= 11 is 5.82. The molecule has 0 unspecified atom stereocenters. The summed E-state index contributed by atoms with van der Waals surface area (Å²) in [5.74, 6) is 0. The minimum atomic E-state index is 0.425. The third-order valence-electron chi connectivity index (χ3n) is 2.56. The van der Waals surface area contributed by atoms with Crippen LogP contribution in [-0.2, 0) is 6.42 Å². The average Bonchev–Trinajstić information content (AvgIpc) is 2.41. The van der Waals surface area contributed by atoms with Gasteiger partial charge < -0.3 is 5.32 Å². The van der Waals surface area contributed by atoms with Crippen LogP contribution in [0.1, 0.15) is 11.3 Å². The van der Waals surface area contributed by atoms with Gasteiger partial charge in [-0.1, -0.05) is 23.7 Å². The van der Waals surface area contributed by atoms with Crippen molar-refractivity contribution in [1.82, 2.24) is 4.98 Å². The number of rotatable bonds is 4. The minimum Gasteiger partial charge on any atom is -0.382 e. The van der Waals surface area contributed by atoms with E-state index >= 15 is 0 Å². The van der Waals surface area contributed by atoms with Gasteiger partial charge in [-0.15, -0.1) is 0 Å². The highest BCUT2D eigenvalue weighted by Gasteiger charge is 2.01. The molecule has 0 aliphatic carbocycles. The molecule has 0 fully saturated rings. The van der Waals surface area contributed by atoms with Crippen molar-refractivity contribution in [2.45, 2.75) is 6.42 Å². The first-order chi connectivity index (χ1) is 8.79. The zero-order chi connectivity index (χ0) is 12.8. The van der Waals surface area contributed by atoms with Crippen LogP contribution in [0.3, 0.4) is 0 Å². The SMILES string of the molecule is N#Cc1ncccc1NCCc1ccc(Cl)cc1. The van der Waals surface area contributed by atoms with Crippen molar-refractivity contribution < 1.29 is 0 Å². The predicted molar refractivity (Wildman–Crippen MR) is 72.6 cm³/mol. The first-order valence-corrected chi connectivity index (χ1v) is 6.01. The normalized spacial score (nSPS) is 9.78. The van der Waals surface area contributed by atoms with Gasteiger partial charge in [-0.25, -0.2) is 4.98 Å². The molecule has 2 aromatic rings. The van der Waals surface area contributed by atoms with Gasteiger partial charge in [-0.3, -0.25) is 0 Å². The zero-order valence-electron chi connectivity index (χ0n) is 9.73. The molecule has 18 heavy (non-hydrogen) atoms. The summed E-state index contributed by atoms with van der Waals surface area (Å²) in [6.45, 7) is 0.752. The number of nitriles is 1. The fourth-order valence-electron chi connectivity index (χ4n) is 1.63. The van der Waals surface area contributed by atoms with Crippen LogP contribution in [-0.4, -0.2) is 11.5 Å². The van der Waals surface area contributed by atoms with Gasteiger partial charge in [0.15, 0.2) is 5.69 Å². The molecule has 0 amide bonds. The standard InChI is InChI=1S/C14H12ClN3/c15-12-5-3-11(4-6-12)7-9-18-13-2-1-8-17-14(13)10-16/h1-6,8,18H,7,9H2. The third-order valence-corrected chi connectivity index (χ3v) is 2.81. The second-order valence-electron chi connectivity index (χ2n) is 3.81. The van der Waals surface area contributed by atoms with Gasteiger partial charge in [-0.2, -0.15) is 5.26 Å². The van der Waals surface area contributed by atoms with Gasteiger partial charge in [0.25, 0.3) is 0 Å². The Morgan fingerprint density at radius 1 is 1.22 bits per heavy atom. The minimum absolute atomic E-state index is 0.425. The number of pyridine rings is 1. The van der Waals surface area contributed by atoms with Crippen LogP contribution >= 0.6 is 11.6 Å². The lowest BCUT2D eigenvalue weighted by Gasteiger charge is -2.07. The Morgan fingerprint density at radius 2 is 2.00 bits per heavy atom. The monoisotopic (exact) mass is 257 g/mol. The van der Waals surface area contributed by atoms with E-state index in [0.717, 1.165) is 23.7 Å². The smallest absolute Gasteiger partial charge is 0.163 e. The van der Waals surface area contributed by atoms with E-state index in [1.165, 1.54) is 5.56 Å². The van der Waals surface area contributed by atoms with Gasteiger partial charge in [0.2, 0.25) is 0 Å². The van der Waals surface area contributed by atoms with Crippen molar-refractivity contribution in [3.8, 4) is 6.07 Å². The highest BCUT2D eigenvalue weighted by molar-refractivity contribution is 6.30. The Labute approximate surface area is 111 Å². The number of nitrogens with one attached hydrogen (secondary N) is 1. The van der Waals surface area contributed by atoms with Crippen LogP contribution in [0.2, 0.25) is 5.02 Å². The molecule has 0 saturated heterocycles. The van der Waals surface area contributed by atoms with Gasteiger partial charge in [0.1, 0.15) is 6.07 Å². The summed E-state index contributed by atoms with van der Waals surface area (Å²) in [5.41, 5.74) is 2.40. The maximum absolute atomic E-state index is 8.90. The number of hydrogen-bond donors (Lipinski definition) is 1. The topological polar surface area (TPSA) is 48.7 Å². The lowest BCUT2D eigenvalue weighted by molar-refractivity contribution is 1.01. The molecule has 1 aromatic carbocycles. The van der Waals surface area contributed by atoms with Crippen molar-refractivity contribution in [3.63, 3.8) is 0 Å². The van der Waals surface area contributed by atoms with Crippen molar-refractivity contribution >= 4 is 17.3 Å². The summed E-state index contributed by atoms with van der Waals surface area (Å²) in [6, 6.07) is 13.5. The number of aromatic nitrogens is 1. The Balaban J connectivity index is 1.93. The van der Waals surface area contributed by atoms with E-state index in [4.69, 9.17) is 16.9 Å². The number of nitrogens with zero attached hydrogens (tertiary/aromatic N) is 2. The second kappa shape index (κ2) is 6.04. The average molecular weight is 258 g/mol. The van der Waals surface area contributed by atoms with E-state index in [0.29, 0.717) is 5.69 Å². The fourth-order valence-corrected chi connectivity index (χ4v) is 1.76. The van der Waals surface area contributed by atoms with Crippen LogP contribution in [0, 0.1) is 11.3 Å². The summed E-state index contributed by atoms with van der Waals surface area (Å²) in [5, 5.41) is 12.8. The Hall–Kier alpha value is -2.05. The predicted octanol–water partition coefficient (Wildman–Crippen LogP) is 3.26. The van der Waals surface area contributed by atoms with E-state index in [-0.39, 0.29) is 0 Å². The van der Waals surface area contributed by atoms with Crippen molar-refractivity contribution in [1.29, 1.82) is 5.26 Å². The molecule has 0 aliphatic heterocycles. The number of halogens is 1. The summed E-state index contributed by atoms with van der Waals surface area (Å²) < 4.78 is 0. The quantitative estimate of drug-likeness (QED) is 0.915. The maximum Gasteiger partial charge on any atom is 0.163 e. The Morgan fingerprint density at radius 3 is 2.72 bits per heavy atom. The van der Waals surface area contributed by atoms with Crippen molar-refractivity contribution in [2.75, 3.05) is 11.9 Å². The Kier molecular flexibility index (Phi) is 4.16. The molecule has 0 atom stereocenters. The first kappa shape index (κ1) is 12.4. The van der Waals surface area contributed by atoms with Crippen LogP contribution in [0.5, 0.6) is 0 Å². The van der Waals surface area contributed by atoms with Crippen LogP contribution < -0.4 is 5.32 Å². The molecule has 1 heterocycles. The first-order valence-electron chi connectivity index (χ1n) is 5.63. The van der Waals surface area contributed by atoms with Crippen LogP contribution in [0.4, 0.5) is 5.69 Å². The van der Waals surface area contributed by atoms with Crippen molar-refractivity contribution in [2.24, 2.45) is 0 Å². The van der Waals surface area contributed by atoms with E-state index in [9.17, 15) is 0 Å². The van der Waals surface area contributed by atoms with Crippen molar-refractivity contribution in [3.05, 3.63) is 58.9 Å². The molecule has 2 rings (SSSR count). The van der Waals surface area contributed by atoms with Crippen LogP contribution in [0.25, 0.3) is 0 Å². The Bertz CT molecular complexity index is 558. The number of anilines is 1. The molecule has 0 radical (unpaired) electrons. The molecular formula is C14H12ClN3. The molecule has 90 valence electrons. The van der Waals surface area contributed by atoms with E-state index in [1.54, 1.807) is 6.20 Å². The molecule has 0 aliphatic rings. The summed E-state index contributed by atoms with van der Waals surface area (Å²) in [4.78, 5) is 3.99. The molecule has 1 N–H and O–H groups in total. The van der Waals surface area contributed by atoms with E-state index in [2.05, 4.69) is 16.4 Å². The molecule has 4 heteroatoms. The molecule has 3 nitrogen and oxygen atoms in total. The van der Waals surface area contributed by atoms with E-state index < -0.39 is 0 Å². The highest BCUT2D eigenvalue weighted by atomic mass is 35.5. The number of hydrogen-bond acceptors (Lipinski definition) is 3. The molecule has 0 bridgehead atoms. The van der Waals surface area contributed by atoms with Gasteiger partial charge >= 0.3 is 0 Å². The molecule has 0 spiro atoms. The molecule has 1 aromatic heterocycles. The van der Waals surface area contributed by atoms with Crippen LogP contribution in [0.15, 0.2) is 42.6 Å². The maximum atomic E-state index is 8.90. The molecule has 0 saturated carbocycles. The largest absolute Gasteiger partial charge is 0.382 e. The fraction of sp³-hybridized carbons (Fsp3) is 0.143. The third kappa shape index (κ3) is 3.22. The molecular weight excluding hydrogens is 246 g/mol. The van der Waals surface area contributed by atoms with Gasteiger partial charge in [0, 0.05) is 17.8 Å². The summed E-state index contributed by atoms with van der Waals surface area (Å²) in [7, 11) is 0. The number of benzene rings is 1. The second-order valence-corrected chi connectivity index (χ2v) is 4.25.